The number of halogens is 2. The molecule has 100 valence electrons. The van der Waals surface area contributed by atoms with E-state index >= 15 is 0 Å². The summed E-state index contributed by atoms with van der Waals surface area (Å²) in [4.78, 5) is 0. The van der Waals surface area contributed by atoms with Crippen LogP contribution in [0.2, 0.25) is 5.02 Å². The molecule has 0 heterocycles. The molecule has 0 aliphatic carbocycles. The Balaban J connectivity index is 2.22. The van der Waals surface area contributed by atoms with Crippen LogP contribution < -0.4 is 5.73 Å². The normalized spacial score (nSPS) is 12.5. The van der Waals surface area contributed by atoms with Crippen LogP contribution in [0.25, 0.3) is 0 Å². The largest absolute Gasteiger partial charge is 0.324 e. The Morgan fingerprint density at radius 2 is 1.89 bits per heavy atom. The van der Waals surface area contributed by atoms with Gasteiger partial charge < -0.3 is 5.73 Å². The van der Waals surface area contributed by atoms with Crippen molar-refractivity contribution < 1.29 is 4.39 Å². The van der Waals surface area contributed by atoms with Crippen LogP contribution in [-0.2, 0) is 6.42 Å². The van der Waals surface area contributed by atoms with E-state index < -0.39 is 5.82 Å². The van der Waals surface area contributed by atoms with Gasteiger partial charge in [0.25, 0.3) is 0 Å². The zero-order chi connectivity index (χ0) is 14.0. The van der Waals surface area contributed by atoms with E-state index in [4.69, 9.17) is 17.3 Å². The number of nitrogens with two attached hydrogens (primary N) is 1. The minimum Gasteiger partial charge on any atom is -0.324 e. The van der Waals surface area contributed by atoms with E-state index in [1.54, 1.807) is 6.07 Å². The van der Waals surface area contributed by atoms with E-state index in [0.717, 1.165) is 16.7 Å². The predicted octanol–water partition coefficient (Wildman–Crippen LogP) is 4.34. The second-order valence-corrected chi connectivity index (χ2v) is 5.33. The summed E-state index contributed by atoms with van der Waals surface area (Å²) in [5.41, 5.74) is 10.5. The first-order valence-corrected chi connectivity index (χ1v) is 6.62. The molecule has 2 rings (SSSR count). The van der Waals surface area contributed by atoms with Crippen LogP contribution in [-0.4, -0.2) is 0 Å². The highest BCUT2D eigenvalue weighted by molar-refractivity contribution is 6.30. The molecule has 0 amide bonds. The van der Waals surface area contributed by atoms with Crippen LogP contribution in [0.15, 0.2) is 36.4 Å². The molecule has 0 bridgehead atoms. The molecule has 0 radical (unpaired) electrons. The molecular formula is C16H17ClFN. The first-order valence-electron chi connectivity index (χ1n) is 6.24. The Bertz CT molecular complexity index is 595. The number of benzene rings is 2. The third kappa shape index (κ3) is 3.34. The van der Waals surface area contributed by atoms with Crippen molar-refractivity contribution in [2.24, 2.45) is 5.73 Å². The van der Waals surface area contributed by atoms with Crippen molar-refractivity contribution in [2.45, 2.75) is 26.3 Å². The fraction of sp³-hybridized carbons (Fsp3) is 0.250. The van der Waals surface area contributed by atoms with Crippen LogP contribution in [0.5, 0.6) is 0 Å². The molecule has 3 heteroatoms. The highest BCUT2D eigenvalue weighted by Gasteiger charge is 2.11. The van der Waals surface area contributed by atoms with Gasteiger partial charge in [0.05, 0.1) is 5.02 Å². The van der Waals surface area contributed by atoms with Gasteiger partial charge in [-0.15, -0.1) is 0 Å². The summed E-state index contributed by atoms with van der Waals surface area (Å²) >= 11 is 5.67. The average molecular weight is 278 g/mol. The van der Waals surface area contributed by atoms with Crippen molar-refractivity contribution >= 4 is 11.6 Å². The molecule has 0 aliphatic rings. The second-order valence-electron chi connectivity index (χ2n) is 4.92. The average Bonchev–Trinajstić information content (AvgIpc) is 2.36. The van der Waals surface area contributed by atoms with E-state index in [9.17, 15) is 4.39 Å². The van der Waals surface area contributed by atoms with Crippen molar-refractivity contribution in [2.75, 3.05) is 0 Å². The number of hydrogen-bond donors (Lipinski definition) is 1. The zero-order valence-corrected chi connectivity index (χ0v) is 11.8. The predicted molar refractivity (Wildman–Crippen MR) is 78.0 cm³/mol. The molecular weight excluding hydrogens is 261 g/mol. The molecule has 1 atom stereocenters. The van der Waals surface area contributed by atoms with Crippen molar-refractivity contribution in [1.29, 1.82) is 0 Å². The quantitative estimate of drug-likeness (QED) is 0.887. The molecule has 1 unspecified atom stereocenters. The van der Waals surface area contributed by atoms with Crippen LogP contribution >= 0.6 is 11.6 Å². The Morgan fingerprint density at radius 3 is 2.58 bits per heavy atom. The fourth-order valence-corrected chi connectivity index (χ4v) is 2.31. The first-order chi connectivity index (χ1) is 8.97. The van der Waals surface area contributed by atoms with Crippen LogP contribution in [0.3, 0.4) is 0 Å². The molecule has 0 saturated carbocycles. The molecule has 0 aromatic heterocycles. The van der Waals surface area contributed by atoms with Gasteiger partial charge in [0, 0.05) is 6.04 Å². The molecule has 0 saturated heterocycles. The Labute approximate surface area is 118 Å². The van der Waals surface area contributed by atoms with E-state index in [2.05, 4.69) is 18.2 Å². The fourth-order valence-electron chi connectivity index (χ4n) is 2.19. The van der Waals surface area contributed by atoms with Crippen molar-refractivity contribution in [3.63, 3.8) is 0 Å². The van der Waals surface area contributed by atoms with Crippen LogP contribution in [0.4, 0.5) is 4.39 Å². The van der Waals surface area contributed by atoms with E-state index in [1.807, 2.05) is 19.9 Å². The third-order valence-electron chi connectivity index (χ3n) is 3.27. The molecule has 0 fully saturated rings. The SMILES string of the molecule is Cc1ccc(C)c(C(N)Cc2ccc(Cl)c(F)c2)c1. The first kappa shape index (κ1) is 14.0. The second kappa shape index (κ2) is 5.72. The van der Waals surface area contributed by atoms with Crippen LogP contribution in [0, 0.1) is 19.7 Å². The van der Waals surface area contributed by atoms with E-state index in [-0.39, 0.29) is 11.1 Å². The highest BCUT2D eigenvalue weighted by atomic mass is 35.5. The third-order valence-corrected chi connectivity index (χ3v) is 3.58. The maximum absolute atomic E-state index is 13.4. The van der Waals surface area contributed by atoms with Gasteiger partial charge in [0.2, 0.25) is 0 Å². The summed E-state index contributed by atoms with van der Waals surface area (Å²) in [5, 5.41) is 0.143. The van der Waals surface area contributed by atoms with Crippen molar-refractivity contribution in [3.8, 4) is 0 Å². The van der Waals surface area contributed by atoms with Crippen LogP contribution in [0.1, 0.15) is 28.3 Å². The summed E-state index contributed by atoms with van der Waals surface area (Å²) < 4.78 is 13.4. The summed E-state index contributed by atoms with van der Waals surface area (Å²) in [6.07, 6.45) is 0.596. The molecule has 2 N–H and O–H groups in total. The zero-order valence-electron chi connectivity index (χ0n) is 11.1. The number of aryl methyl sites for hydroxylation is 2. The lowest BCUT2D eigenvalue weighted by Crippen LogP contribution is -2.15. The van der Waals surface area contributed by atoms with Gasteiger partial charge in [-0.25, -0.2) is 4.39 Å². The minimum atomic E-state index is -0.396. The van der Waals surface area contributed by atoms with Gasteiger partial charge >= 0.3 is 0 Å². The smallest absolute Gasteiger partial charge is 0.142 e. The maximum Gasteiger partial charge on any atom is 0.142 e. The number of rotatable bonds is 3. The summed E-state index contributed by atoms with van der Waals surface area (Å²) in [6.45, 7) is 4.08. The van der Waals surface area contributed by atoms with E-state index in [0.29, 0.717) is 6.42 Å². The van der Waals surface area contributed by atoms with Gasteiger partial charge in [-0.2, -0.15) is 0 Å². The lowest BCUT2D eigenvalue weighted by Gasteiger charge is -2.16. The van der Waals surface area contributed by atoms with Crippen molar-refractivity contribution in [1.82, 2.24) is 0 Å². The Kier molecular flexibility index (Phi) is 4.23. The van der Waals surface area contributed by atoms with Crippen molar-refractivity contribution in [3.05, 3.63) is 69.5 Å². The number of hydrogen-bond acceptors (Lipinski definition) is 1. The van der Waals surface area contributed by atoms with Gasteiger partial charge in [-0.1, -0.05) is 41.4 Å². The maximum atomic E-state index is 13.4. The lowest BCUT2D eigenvalue weighted by atomic mass is 9.94. The topological polar surface area (TPSA) is 26.0 Å². The van der Waals surface area contributed by atoms with Gasteiger partial charge in [-0.3, -0.25) is 0 Å². The van der Waals surface area contributed by atoms with E-state index in [1.165, 1.54) is 11.6 Å². The minimum absolute atomic E-state index is 0.138. The Morgan fingerprint density at radius 1 is 1.16 bits per heavy atom. The van der Waals surface area contributed by atoms with Gasteiger partial charge in [0.1, 0.15) is 5.82 Å². The Hall–Kier alpha value is -1.38. The molecule has 1 nitrogen and oxygen atoms in total. The van der Waals surface area contributed by atoms with Gasteiger partial charge in [0.15, 0.2) is 0 Å². The summed E-state index contributed by atoms with van der Waals surface area (Å²) in [6, 6.07) is 10.9. The molecule has 19 heavy (non-hydrogen) atoms. The molecule has 0 aliphatic heterocycles. The monoisotopic (exact) mass is 277 g/mol. The molecule has 2 aromatic rings. The summed E-state index contributed by atoms with van der Waals surface area (Å²) in [5.74, 6) is -0.396. The summed E-state index contributed by atoms with van der Waals surface area (Å²) in [7, 11) is 0. The molecule has 2 aromatic carbocycles. The van der Waals surface area contributed by atoms with Gasteiger partial charge in [-0.05, 0) is 49.1 Å². The lowest BCUT2D eigenvalue weighted by molar-refractivity contribution is 0.622. The molecule has 0 spiro atoms. The highest BCUT2D eigenvalue weighted by Crippen LogP contribution is 2.23. The standard InChI is InChI=1S/C16H17ClFN/c1-10-3-4-11(2)13(7-10)16(19)9-12-5-6-14(17)15(18)8-12/h3-8,16H,9,19H2,1-2H3.